The number of ether oxygens (including phenoxy) is 1. The van der Waals surface area contributed by atoms with Crippen LogP contribution in [0.4, 0.5) is 0 Å². The van der Waals surface area contributed by atoms with Gasteiger partial charge in [0.1, 0.15) is 11.5 Å². The van der Waals surface area contributed by atoms with Gasteiger partial charge >= 0.3 is 0 Å². The third-order valence-corrected chi connectivity index (χ3v) is 3.69. The van der Waals surface area contributed by atoms with Crippen LogP contribution < -0.4 is 15.4 Å². The fraction of sp³-hybridized carbons (Fsp3) is 0.333. The zero-order valence-corrected chi connectivity index (χ0v) is 14.4. The van der Waals surface area contributed by atoms with Gasteiger partial charge in [-0.25, -0.2) is 0 Å². The third kappa shape index (κ3) is 5.09. The van der Waals surface area contributed by atoms with Crippen molar-refractivity contribution in [2.45, 2.75) is 32.5 Å². The Morgan fingerprint density at radius 1 is 1.20 bits per heavy atom. The maximum absolute atomic E-state index is 12.2. The van der Waals surface area contributed by atoms with Crippen molar-refractivity contribution in [2.24, 2.45) is 0 Å². The van der Waals surface area contributed by atoms with E-state index in [2.05, 4.69) is 10.6 Å². The van der Waals surface area contributed by atoms with Crippen LogP contribution in [0, 0.1) is 0 Å². The van der Waals surface area contributed by atoms with Crippen LogP contribution in [0.3, 0.4) is 0 Å². The molecular weight excluding hydrogens is 324 g/mol. The summed E-state index contributed by atoms with van der Waals surface area (Å²) in [6.45, 7) is 3.32. The molecule has 1 heterocycles. The van der Waals surface area contributed by atoms with Crippen LogP contribution in [0.2, 0.25) is 0 Å². The predicted molar refractivity (Wildman–Crippen MR) is 91.1 cm³/mol. The Labute approximate surface area is 146 Å². The average Bonchev–Trinajstić information content (AvgIpc) is 3.08. The number of amides is 2. The topological polar surface area (TPSA) is 101 Å². The molecule has 2 aromatic rings. The molecule has 0 saturated heterocycles. The Kier molecular flexibility index (Phi) is 6.19. The first-order chi connectivity index (χ1) is 11.9. The molecule has 0 aliphatic heterocycles. The Morgan fingerprint density at radius 3 is 2.48 bits per heavy atom. The van der Waals surface area contributed by atoms with Crippen LogP contribution in [0.5, 0.6) is 5.75 Å². The van der Waals surface area contributed by atoms with E-state index >= 15 is 0 Å². The van der Waals surface area contributed by atoms with E-state index in [-0.39, 0.29) is 18.2 Å². The lowest BCUT2D eigenvalue weighted by atomic mass is 10.0. The second-order valence-corrected chi connectivity index (χ2v) is 5.66. The molecule has 1 aromatic carbocycles. The molecular formula is C18H22N2O5. The summed E-state index contributed by atoms with van der Waals surface area (Å²) in [5.74, 6) is 0.667. The average molecular weight is 346 g/mol. The number of hydrogen-bond donors (Lipinski definition) is 3. The molecule has 7 nitrogen and oxygen atoms in total. The molecule has 2 rings (SSSR count). The minimum atomic E-state index is -0.872. The number of benzene rings is 1. The summed E-state index contributed by atoms with van der Waals surface area (Å²) in [5.41, 5.74) is 0.666. The number of furan rings is 1. The zero-order valence-electron chi connectivity index (χ0n) is 14.4. The van der Waals surface area contributed by atoms with Gasteiger partial charge in [0, 0.05) is 6.92 Å². The number of aliphatic hydroxyl groups is 1. The number of methoxy groups -OCH3 is 1. The molecule has 7 heteroatoms. The number of nitrogens with one attached hydrogen (secondary N) is 2. The molecule has 134 valence electrons. The Hall–Kier alpha value is -2.80. The van der Waals surface area contributed by atoms with E-state index in [4.69, 9.17) is 9.15 Å². The molecule has 0 aliphatic rings. The van der Waals surface area contributed by atoms with Crippen LogP contribution >= 0.6 is 0 Å². The summed E-state index contributed by atoms with van der Waals surface area (Å²) < 4.78 is 10.5. The molecule has 0 radical (unpaired) electrons. The fourth-order valence-electron chi connectivity index (χ4n) is 2.25. The van der Waals surface area contributed by atoms with Gasteiger partial charge in [0.25, 0.3) is 5.91 Å². The van der Waals surface area contributed by atoms with Gasteiger partial charge in [-0.05, 0) is 36.8 Å². The van der Waals surface area contributed by atoms with Crippen molar-refractivity contribution >= 4 is 11.8 Å². The standard InChI is InChI=1S/C18H22N2O5/c1-11(17(22)13-4-6-14(24-3)7-5-13)20-18(23)16-9-8-15(25-16)10-19-12(2)21/h4-9,11,17,22H,10H2,1-3H3,(H,19,21)(H,20,23)/t11-,17-/m1/s1. The first-order valence-electron chi connectivity index (χ1n) is 7.86. The van der Waals surface area contributed by atoms with Crippen molar-refractivity contribution in [3.63, 3.8) is 0 Å². The number of hydrogen-bond acceptors (Lipinski definition) is 5. The Balaban J connectivity index is 1.95. The Bertz CT molecular complexity index is 723. The molecule has 0 fully saturated rings. The SMILES string of the molecule is COc1ccc([C@H](O)[C@@H](C)NC(=O)c2ccc(CNC(C)=O)o2)cc1. The monoisotopic (exact) mass is 346 g/mol. The summed E-state index contributed by atoms with van der Waals surface area (Å²) in [4.78, 5) is 23.1. The minimum Gasteiger partial charge on any atom is -0.497 e. The number of carbonyl (C=O) groups excluding carboxylic acids is 2. The molecule has 25 heavy (non-hydrogen) atoms. The third-order valence-electron chi connectivity index (χ3n) is 3.69. The van der Waals surface area contributed by atoms with Gasteiger partial charge < -0.3 is 24.9 Å². The lowest BCUT2D eigenvalue weighted by Gasteiger charge is -2.20. The predicted octanol–water partition coefficient (Wildman–Crippen LogP) is 1.78. The summed E-state index contributed by atoms with van der Waals surface area (Å²) in [6.07, 6.45) is -0.872. The van der Waals surface area contributed by atoms with Crippen LogP contribution in [-0.2, 0) is 11.3 Å². The van der Waals surface area contributed by atoms with Crippen LogP contribution in [0.25, 0.3) is 0 Å². The summed E-state index contributed by atoms with van der Waals surface area (Å²) in [6, 6.07) is 9.59. The van der Waals surface area contributed by atoms with Gasteiger partial charge in [-0.15, -0.1) is 0 Å². The van der Waals surface area contributed by atoms with Gasteiger partial charge in [0.05, 0.1) is 25.8 Å². The van der Waals surface area contributed by atoms with E-state index in [0.717, 1.165) is 0 Å². The molecule has 3 N–H and O–H groups in total. The first-order valence-corrected chi connectivity index (χ1v) is 7.86. The minimum absolute atomic E-state index is 0.120. The summed E-state index contributed by atoms with van der Waals surface area (Å²) in [7, 11) is 1.57. The van der Waals surface area contributed by atoms with Crippen molar-refractivity contribution in [1.29, 1.82) is 0 Å². The van der Waals surface area contributed by atoms with E-state index in [1.54, 1.807) is 44.4 Å². The second-order valence-electron chi connectivity index (χ2n) is 5.66. The van der Waals surface area contributed by atoms with E-state index in [1.165, 1.54) is 13.0 Å². The van der Waals surface area contributed by atoms with E-state index < -0.39 is 18.1 Å². The van der Waals surface area contributed by atoms with Gasteiger partial charge in [-0.2, -0.15) is 0 Å². The molecule has 0 spiro atoms. The number of carbonyl (C=O) groups is 2. The van der Waals surface area contributed by atoms with E-state index in [9.17, 15) is 14.7 Å². The lowest BCUT2D eigenvalue weighted by Crippen LogP contribution is -2.36. The number of rotatable bonds is 7. The van der Waals surface area contributed by atoms with Crippen molar-refractivity contribution in [1.82, 2.24) is 10.6 Å². The van der Waals surface area contributed by atoms with Crippen molar-refractivity contribution in [3.8, 4) is 5.75 Å². The summed E-state index contributed by atoms with van der Waals surface area (Å²) >= 11 is 0. The van der Waals surface area contributed by atoms with Gasteiger partial charge in [-0.1, -0.05) is 12.1 Å². The molecule has 2 atom stereocenters. The zero-order chi connectivity index (χ0) is 18.4. The summed E-state index contributed by atoms with van der Waals surface area (Å²) in [5, 5.41) is 15.7. The normalized spacial score (nSPS) is 13.0. The van der Waals surface area contributed by atoms with Crippen molar-refractivity contribution in [3.05, 3.63) is 53.5 Å². The van der Waals surface area contributed by atoms with Crippen LogP contribution in [0.15, 0.2) is 40.8 Å². The van der Waals surface area contributed by atoms with Gasteiger partial charge in [0.15, 0.2) is 5.76 Å². The molecule has 0 bridgehead atoms. The van der Waals surface area contributed by atoms with Crippen molar-refractivity contribution in [2.75, 3.05) is 7.11 Å². The van der Waals surface area contributed by atoms with Crippen molar-refractivity contribution < 1.29 is 23.8 Å². The maximum Gasteiger partial charge on any atom is 0.287 e. The molecule has 0 saturated carbocycles. The number of aliphatic hydroxyl groups excluding tert-OH is 1. The molecule has 0 unspecified atom stereocenters. The van der Waals surface area contributed by atoms with E-state index in [1.807, 2.05) is 0 Å². The highest BCUT2D eigenvalue weighted by Gasteiger charge is 2.21. The molecule has 0 aliphatic carbocycles. The quantitative estimate of drug-likeness (QED) is 0.709. The fourth-order valence-corrected chi connectivity index (χ4v) is 2.25. The molecule has 2 amide bonds. The highest BCUT2D eigenvalue weighted by Crippen LogP contribution is 2.20. The largest absolute Gasteiger partial charge is 0.497 e. The van der Waals surface area contributed by atoms with E-state index in [0.29, 0.717) is 17.1 Å². The first kappa shape index (κ1) is 18.5. The highest BCUT2D eigenvalue weighted by molar-refractivity contribution is 5.91. The lowest BCUT2D eigenvalue weighted by molar-refractivity contribution is -0.119. The smallest absolute Gasteiger partial charge is 0.287 e. The van der Waals surface area contributed by atoms with Gasteiger partial charge in [0.2, 0.25) is 5.91 Å². The highest BCUT2D eigenvalue weighted by atomic mass is 16.5. The maximum atomic E-state index is 12.2. The molecule has 1 aromatic heterocycles. The van der Waals surface area contributed by atoms with Gasteiger partial charge in [-0.3, -0.25) is 9.59 Å². The Morgan fingerprint density at radius 2 is 1.88 bits per heavy atom. The van der Waals surface area contributed by atoms with Crippen LogP contribution in [-0.4, -0.2) is 30.1 Å². The second kappa shape index (κ2) is 8.34. The van der Waals surface area contributed by atoms with Crippen LogP contribution in [0.1, 0.15) is 41.8 Å².